The second kappa shape index (κ2) is 5.94. The molecule has 0 radical (unpaired) electrons. The molecule has 2 saturated carbocycles. The average molecular weight is 280 g/mol. The van der Waals surface area contributed by atoms with E-state index in [-0.39, 0.29) is 0 Å². The molecule has 1 aliphatic heterocycles. The summed E-state index contributed by atoms with van der Waals surface area (Å²) >= 11 is 0. The van der Waals surface area contributed by atoms with Gasteiger partial charge in [0.25, 0.3) is 0 Å². The first-order valence-electron chi connectivity index (χ1n) is 8.65. The summed E-state index contributed by atoms with van der Waals surface area (Å²) in [6.07, 6.45) is 9.90. The van der Waals surface area contributed by atoms with Crippen molar-refractivity contribution in [2.24, 2.45) is 5.41 Å². The molecule has 1 N–H and O–H groups in total. The average Bonchev–Trinajstić information content (AvgIpc) is 2.46. The minimum Gasteiger partial charge on any atom is -0.375 e. The summed E-state index contributed by atoms with van der Waals surface area (Å²) in [7, 11) is 2.15. The third-order valence-corrected chi connectivity index (χ3v) is 5.93. The van der Waals surface area contributed by atoms with Gasteiger partial charge >= 0.3 is 0 Å². The van der Waals surface area contributed by atoms with Gasteiger partial charge in [0.15, 0.2) is 0 Å². The maximum Gasteiger partial charge on any atom is 0.0731 e. The first kappa shape index (κ1) is 14.8. The van der Waals surface area contributed by atoms with Crippen molar-refractivity contribution in [2.45, 2.75) is 83.0 Å². The topological polar surface area (TPSA) is 24.5 Å². The van der Waals surface area contributed by atoms with E-state index in [2.05, 4.69) is 31.1 Å². The van der Waals surface area contributed by atoms with Crippen molar-refractivity contribution in [1.82, 2.24) is 10.2 Å². The fourth-order valence-corrected chi connectivity index (χ4v) is 4.77. The largest absolute Gasteiger partial charge is 0.375 e. The molecule has 0 aromatic carbocycles. The Labute approximate surface area is 124 Å². The molecule has 3 heteroatoms. The summed E-state index contributed by atoms with van der Waals surface area (Å²) in [6, 6.07) is 2.06. The highest BCUT2D eigenvalue weighted by Gasteiger charge is 2.43. The van der Waals surface area contributed by atoms with Crippen LogP contribution in [0.25, 0.3) is 0 Å². The smallest absolute Gasteiger partial charge is 0.0731 e. The summed E-state index contributed by atoms with van der Waals surface area (Å²) in [4.78, 5) is 2.83. The van der Waals surface area contributed by atoms with Crippen molar-refractivity contribution in [3.05, 3.63) is 0 Å². The van der Waals surface area contributed by atoms with Crippen LogP contribution in [-0.2, 0) is 4.74 Å². The highest BCUT2D eigenvalue weighted by molar-refractivity contribution is 4.99. The normalized spacial score (nSPS) is 42.1. The standard InChI is InChI=1S/C17H32N2O/c1-17(2)9-8-13(18-3)15(12-17)19-10-11-20-16-7-5-4-6-14(16)19/h13-16,18H,4-12H2,1-3H3. The van der Waals surface area contributed by atoms with Gasteiger partial charge in [0, 0.05) is 24.7 Å². The number of fused-ring (bicyclic) bond motifs is 1. The van der Waals surface area contributed by atoms with Gasteiger partial charge < -0.3 is 10.1 Å². The van der Waals surface area contributed by atoms with Crippen LogP contribution in [0.15, 0.2) is 0 Å². The van der Waals surface area contributed by atoms with Crippen LogP contribution in [0.5, 0.6) is 0 Å². The molecular weight excluding hydrogens is 248 g/mol. The zero-order valence-corrected chi connectivity index (χ0v) is 13.5. The highest BCUT2D eigenvalue weighted by Crippen LogP contribution is 2.40. The van der Waals surface area contributed by atoms with Crippen LogP contribution in [0.3, 0.4) is 0 Å². The number of nitrogens with zero attached hydrogens (tertiary/aromatic N) is 1. The van der Waals surface area contributed by atoms with E-state index in [9.17, 15) is 0 Å². The van der Waals surface area contributed by atoms with Crippen LogP contribution in [0, 0.1) is 5.41 Å². The molecule has 1 heterocycles. The Morgan fingerprint density at radius 3 is 2.70 bits per heavy atom. The molecule has 4 atom stereocenters. The molecule has 1 saturated heterocycles. The van der Waals surface area contributed by atoms with Gasteiger partial charge in [-0.2, -0.15) is 0 Å². The summed E-state index contributed by atoms with van der Waals surface area (Å²) in [5.74, 6) is 0. The molecule has 4 unspecified atom stereocenters. The lowest BCUT2D eigenvalue weighted by Gasteiger charge is -2.53. The number of nitrogens with one attached hydrogen (secondary N) is 1. The second-order valence-corrected chi connectivity index (χ2v) is 7.87. The Hall–Kier alpha value is -0.120. The van der Waals surface area contributed by atoms with Crippen molar-refractivity contribution in [3.8, 4) is 0 Å². The zero-order chi connectivity index (χ0) is 14.2. The van der Waals surface area contributed by atoms with Gasteiger partial charge in [0.05, 0.1) is 12.7 Å². The summed E-state index contributed by atoms with van der Waals surface area (Å²) in [6.45, 7) is 6.98. The minimum absolute atomic E-state index is 0.500. The van der Waals surface area contributed by atoms with Gasteiger partial charge in [-0.3, -0.25) is 4.90 Å². The number of rotatable bonds is 2. The molecule has 116 valence electrons. The van der Waals surface area contributed by atoms with E-state index in [0.29, 0.717) is 29.6 Å². The quantitative estimate of drug-likeness (QED) is 0.842. The number of ether oxygens (including phenoxy) is 1. The van der Waals surface area contributed by atoms with Gasteiger partial charge in [0.1, 0.15) is 0 Å². The van der Waals surface area contributed by atoms with Crippen molar-refractivity contribution in [2.75, 3.05) is 20.2 Å². The van der Waals surface area contributed by atoms with Crippen LogP contribution in [0.1, 0.15) is 58.8 Å². The van der Waals surface area contributed by atoms with E-state index in [4.69, 9.17) is 4.74 Å². The minimum atomic E-state index is 0.500. The van der Waals surface area contributed by atoms with E-state index in [1.807, 2.05) is 0 Å². The Kier molecular flexibility index (Phi) is 4.40. The number of hydrogen-bond donors (Lipinski definition) is 1. The SMILES string of the molecule is CNC1CCC(C)(C)CC1N1CCOC2CCCCC21. The molecule has 3 aliphatic rings. The highest BCUT2D eigenvalue weighted by atomic mass is 16.5. The third kappa shape index (κ3) is 2.90. The molecule has 20 heavy (non-hydrogen) atoms. The van der Waals surface area contributed by atoms with Gasteiger partial charge in [-0.1, -0.05) is 26.7 Å². The van der Waals surface area contributed by atoms with E-state index in [0.717, 1.165) is 13.2 Å². The summed E-state index contributed by atoms with van der Waals surface area (Å²) in [5, 5.41) is 3.60. The lowest BCUT2D eigenvalue weighted by molar-refractivity contribution is -0.116. The Balaban J connectivity index is 1.77. The van der Waals surface area contributed by atoms with Crippen molar-refractivity contribution in [3.63, 3.8) is 0 Å². The Morgan fingerprint density at radius 1 is 1.10 bits per heavy atom. The number of morpholine rings is 1. The summed E-state index contributed by atoms with van der Waals surface area (Å²) in [5.41, 5.74) is 0.500. The van der Waals surface area contributed by atoms with E-state index < -0.39 is 0 Å². The summed E-state index contributed by atoms with van der Waals surface area (Å²) < 4.78 is 6.06. The monoisotopic (exact) mass is 280 g/mol. The van der Waals surface area contributed by atoms with Crippen molar-refractivity contribution >= 4 is 0 Å². The predicted molar refractivity (Wildman–Crippen MR) is 83.0 cm³/mol. The van der Waals surface area contributed by atoms with E-state index >= 15 is 0 Å². The first-order valence-corrected chi connectivity index (χ1v) is 8.65. The fourth-order valence-electron chi connectivity index (χ4n) is 4.77. The fraction of sp³-hybridized carbons (Fsp3) is 1.00. The van der Waals surface area contributed by atoms with Crippen molar-refractivity contribution < 1.29 is 4.74 Å². The van der Waals surface area contributed by atoms with Gasteiger partial charge in [-0.15, -0.1) is 0 Å². The molecule has 3 nitrogen and oxygen atoms in total. The van der Waals surface area contributed by atoms with Crippen LogP contribution in [0.2, 0.25) is 0 Å². The molecule has 3 rings (SSSR count). The van der Waals surface area contributed by atoms with Gasteiger partial charge in [-0.25, -0.2) is 0 Å². The van der Waals surface area contributed by atoms with Crippen LogP contribution < -0.4 is 5.32 Å². The van der Waals surface area contributed by atoms with Gasteiger partial charge in [0.2, 0.25) is 0 Å². The zero-order valence-electron chi connectivity index (χ0n) is 13.5. The maximum absolute atomic E-state index is 6.06. The molecule has 0 amide bonds. The van der Waals surface area contributed by atoms with Crippen LogP contribution in [0.4, 0.5) is 0 Å². The van der Waals surface area contributed by atoms with Crippen LogP contribution in [-0.4, -0.2) is 49.3 Å². The second-order valence-electron chi connectivity index (χ2n) is 7.87. The lowest BCUT2D eigenvalue weighted by atomic mass is 9.71. The number of hydrogen-bond acceptors (Lipinski definition) is 3. The third-order valence-electron chi connectivity index (χ3n) is 5.93. The predicted octanol–water partition coefficient (Wildman–Crippen LogP) is 2.80. The molecule has 0 aromatic heterocycles. The lowest BCUT2D eigenvalue weighted by Crippen LogP contribution is -2.62. The molecule has 3 fully saturated rings. The maximum atomic E-state index is 6.06. The Morgan fingerprint density at radius 2 is 1.90 bits per heavy atom. The molecule has 2 aliphatic carbocycles. The molecule has 0 aromatic rings. The molecule has 0 spiro atoms. The molecular formula is C17H32N2O. The van der Waals surface area contributed by atoms with E-state index in [1.54, 1.807) is 0 Å². The molecule has 0 bridgehead atoms. The van der Waals surface area contributed by atoms with Gasteiger partial charge in [-0.05, 0) is 44.6 Å². The van der Waals surface area contributed by atoms with E-state index in [1.165, 1.54) is 44.9 Å². The first-order chi connectivity index (χ1) is 9.61. The Bertz CT molecular complexity index is 329. The van der Waals surface area contributed by atoms with Crippen LogP contribution >= 0.6 is 0 Å². The van der Waals surface area contributed by atoms with Crippen molar-refractivity contribution in [1.29, 1.82) is 0 Å². The number of likely N-dealkylation sites (N-methyl/N-ethyl adjacent to an activating group) is 1.